The van der Waals surface area contributed by atoms with Gasteiger partial charge in [-0.25, -0.2) is 9.78 Å². The summed E-state index contributed by atoms with van der Waals surface area (Å²) in [5, 5.41) is 18.2. The van der Waals surface area contributed by atoms with Crippen LogP contribution >= 0.6 is 0 Å². The summed E-state index contributed by atoms with van der Waals surface area (Å²) in [6, 6.07) is 0. The molecule has 2 heterocycles. The molecule has 0 aliphatic carbocycles. The van der Waals surface area contributed by atoms with Gasteiger partial charge in [0.05, 0.1) is 12.7 Å². The third-order valence-corrected chi connectivity index (χ3v) is 2.86. The Morgan fingerprint density at radius 3 is 2.61 bits per heavy atom. The zero-order valence-electron chi connectivity index (χ0n) is 10.0. The quantitative estimate of drug-likeness (QED) is 0.578. The first-order valence-electron chi connectivity index (χ1n) is 5.39. The van der Waals surface area contributed by atoms with Crippen LogP contribution in [0.15, 0.2) is 9.59 Å². The fourth-order valence-electron chi connectivity index (χ4n) is 1.81. The van der Waals surface area contributed by atoms with Crippen molar-refractivity contribution >= 4 is 11.2 Å². The first-order chi connectivity index (χ1) is 8.45. The normalized spacial score (nSPS) is 13.1. The highest BCUT2D eigenvalue weighted by Crippen LogP contribution is 2.10. The van der Waals surface area contributed by atoms with Gasteiger partial charge < -0.3 is 14.8 Å². The molecule has 3 N–H and O–H groups in total. The average molecular weight is 254 g/mol. The monoisotopic (exact) mass is 254 g/mol. The van der Waals surface area contributed by atoms with Crippen molar-refractivity contribution in [1.82, 2.24) is 19.1 Å². The van der Waals surface area contributed by atoms with E-state index in [1.807, 2.05) is 0 Å². The molecule has 0 radical (unpaired) electrons. The number of fused-ring (bicyclic) bond motifs is 1. The molecule has 0 amide bonds. The van der Waals surface area contributed by atoms with Gasteiger partial charge in [-0.05, 0) is 0 Å². The fraction of sp³-hybridized carbons (Fsp3) is 0.500. The van der Waals surface area contributed by atoms with E-state index >= 15 is 0 Å². The van der Waals surface area contributed by atoms with E-state index < -0.39 is 24.0 Å². The maximum absolute atomic E-state index is 11.7. The molecule has 0 aromatic carbocycles. The first kappa shape index (κ1) is 12.5. The molecule has 2 aromatic heterocycles. The van der Waals surface area contributed by atoms with Gasteiger partial charge in [0.2, 0.25) is 0 Å². The summed E-state index contributed by atoms with van der Waals surface area (Å²) in [7, 11) is 3.12. The van der Waals surface area contributed by atoms with Crippen LogP contribution in [0, 0.1) is 0 Å². The third-order valence-electron chi connectivity index (χ3n) is 2.86. The van der Waals surface area contributed by atoms with Crippen molar-refractivity contribution in [2.75, 3.05) is 6.61 Å². The van der Waals surface area contributed by atoms with Gasteiger partial charge in [0.1, 0.15) is 5.82 Å². The van der Waals surface area contributed by atoms with Crippen molar-refractivity contribution in [1.29, 1.82) is 0 Å². The number of aromatic amines is 1. The molecule has 0 saturated carbocycles. The SMILES string of the molecule is Cn1c(CC(O)CO)nc2c1c(=O)[nH]c(=O)n2C. The summed E-state index contributed by atoms with van der Waals surface area (Å²) in [6.07, 6.45) is -0.841. The number of aryl methyl sites for hydroxylation is 2. The second-order valence-electron chi connectivity index (χ2n) is 4.12. The molecule has 0 aliphatic rings. The van der Waals surface area contributed by atoms with Crippen molar-refractivity contribution in [2.24, 2.45) is 14.1 Å². The van der Waals surface area contributed by atoms with E-state index in [-0.39, 0.29) is 17.6 Å². The Morgan fingerprint density at radius 2 is 2.00 bits per heavy atom. The Kier molecular flexibility index (Phi) is 3.05. The predicted octanol–water partition coefficient (Wildman–Crippen LogP) is -2.14. The number of nitrogens with zero attached hydrogens (tertiary/aromatic N) is 3. The topological polar surface area (TPSA) is 113 Å². The van der Waals surface area contributed by atoms with Crippen molar-refractivity contribution in [3.63, 3.8) is 0 Å². The molecule has 0 aliphatic heterocycles. The first-order valence-corrected chi connectivity index (χ1v) is 5.39. The summed E-state index contributed by atoms with van der Waals surface area (Å²) in [5.74, 6) is 0.429. The lowest BCUT2D eigenvalue weighted by molar-refractivity contribution is 0.0934. The van der Waals surface area contributed by atoms with Crippen molar-refractivity contribution in [2.45, 2.75) is 12.5 Å². The Labute approximate surface area is 101 Å². The second-order valence-corrected chi connectivity index (χ2v) is 4.12. The Balaban J connectivity index is 2.70. The second kappa shape index (κ2) is 4.39. The van der Waals surface area contributed by atoms with Crippen LogP contribution in [-0.2, 0) is 20.5 Å². The molecule has 1 atom stereocenters. The van der Waals surface area contributed by atoms with Crippen LogP contribution in [0.5, 0.6) is 0 Å². The third kappa shape index (κ3) is 1.85. The van der Waals surface area contributed by atoms with Gasteiger partial charge in [-0.15, -0.1) is 0 Å². The Morgan fingerprint density at radius 1 is 1.33 bits per heavy atom. The summed E-state index contributed by atoms with van der Waals surface area (Å²) >= 11 is 0. The average Bonchev–Trinajstić information content (AvgIpc) is 2.64. The number of aromatic nitrogens is 4. The van der Waals surface area contributed by atoms with E-state index in [2.05, 4.69) is 9.97 Å². The van der Waals surface area contributed by atoms with Crippen LogP contribution < -0.4 is 11.2 Å². The van der Waals surface area contributed by atoms with Gasteiger partial charge in [0.25, 0.3) is 5.56 Å². The molecular formula is C10H14N4O4. The van der Waals surface area contributed by atoms with E-state index in [4.69, 9.17) is 5.11 Å². The van der Waals surface area contributed by atoms with Crippen LogP contribution in [0.25, 0.3) is 11.2 Å². The predicted molar refractivity (Wildman–Crippen MR) is 63.4 cm³/mol. The number of H-pyrrole nitrogens is 1. The van der Waals surface area contributed by atoms with Crippen LogP contribution in [-0.4, -0.2) is 42.0 Å². The van der Waals surface area contributed by atoms with E-state index in [1.165, 1.54) is 16.2 Å². The van der Waals surface area contributed by atoms with Crippen LogP contribution in [0.3, 0.4) is 0 Å². The zero-order chi connectivity index (χ0) is 13.4. The van der Waals surface area contributed by atoms with Gasteiger partial charge in [-0.2, -0.15) is 0 Å². The van der Waals surface area contributed by atoms with Crippen LogP contribution in [0.2, 0.25) is 0 Å². The van der Waals surface area contributed by atoms with Gasteiger partial charge in [0.15, 0.2) is 11.2 Å². The molecule has 2 aromatic rings. The lowest BCUT2D eigenvalue weighted by atomic mass is 10.2. The molecule has 0 spiro atoms. The van der Waals surface area contributed by atoms with Gasteiger partial charge in [-0.1, -0.05) is 0 Å². The van der Waals surface area contributed by atoms with E-state index in [1.54, 1.807) is 7.05 Å². The van der Waals surface area contributed by atoms with Crippen molar-refractivity contribution in [3.05, 3.63) is 26.7 Å². The Hall–Kier alpha value is -1.93. The van der Waals surface area contributed by atoms with Gasteiger partial charge in [-0.3, -0.25) is 14.3 Å². The number of hydrogen-bond donors (Lipinski definition) is 3. The number of imidazole rings is 1. The maximum atomic E-state index is 11.7. The van der Waals surface area contributed by atoms with Crippen LogP contribution in [0.4, 0.5) is 0 Å². The molecule has 0 bridgehead atoms. The highest BCUT2D eigenvalue weighted by Gasteiger charge is 2.16. The highest BCUT2D eigenvalue weighted by atomic mass is 16.3. The largest absolute Gasteiger partial charge is 0.394 e. The van der Waals surface area contributed by atoms with E-state index in [0.717, 1.165) is 0 Å². The maximum Gasteiger partial charge on any atom is 0.329 e. The number of aliphatic hydroxyl groups excluding tert-OH is 2. The molecule has 0 fully saturated rings. The summed E-state index contributed by atoms with van der Waals surface area (Å²) in [5.41, 5.74) is -0.545. The van der Waals surface area contributed by atoms with Crippen molar-refractivity contribution < 1.29 is 10.2 Å². The zero-order valence-corrected chi connectivity index (χ0v) is 10.0. The minimum Gasteiger partial charge on any atom is -0.394 e. The number of nitrogens with one attached hydrogen (secondary N) is 1. The molecule has 98 valence electrons. The molecule has 1 unspecified atom stereocenters. The molecule has 18 heavy (non-hydrogen) atoms. The lowest BCUT2D eigenvalue weighted by Crippen LogP contribution is -2.29. The summed E-state index contributed by atoms with van der Waals surface area (Å²) < 4.78 is 2.73. The Bertz CT molecular complexity index is 696. The molecule has 8 heteroatoms. The van der Waals surface area contributed by atoms with E-state index in [9.17, 15) is 14.7 Å². The molecule has 0 saturated heterocycles. The molecule has 8 nitrogen and oxygen atoms in total. The molecular weight excluding hydrogens is 240 g/mol. The summed E-state index contributed by atoms with van der Waals surface area (Å²) in [4.78, 5) is 29.5. The van der Waals surface area contributed by atoms with Crippen LogP contribution in [0.1, 0.15) is 5.82 Å². The smallest absolute Gasteiger partial charge is 0.329 e. The number of aliphatic hydroxyl groups is 2. The number of rotatable bonds is 3. The standard InChI is InChI=1S/C10H14N4O4/c1-13-6(3-5(16)4-15)11-8-7(13)9(17)12-10(18)14(8)2/h5,15-16H,3-4H2,1-2H3,(H,12,17,18). The fourth-order valence-corrected chi connectivity index (χ4v) is 1.81. The highest BCUT2D eigenvalue weighted by molar-refractivity contribution is 5.70. The van der Waals surface area contributed by atoms with Gasteiger partial charge >= 0.3 is 5.69 Å². The minimum atomic E-state index is -0.948. The minimum absolute atomic E-state index is 0.106. The number of hydrogen-bond acceptors (Lipinski definition) is 5. The van der Waals surface area contributed by atoms with Gasteiger partial charge in [0, 0.05) is 20.5 Å². The van der Waals surface area contributed by atoms with E-state index in [0.29, 0.717) is 5.82 Å². The van der Waals surface area contributed by atoms with Crippen molar-refractivity contribution in [3.8, 4) is 0 Å². The lowest BCUT2D eigenvalue weighted by Gasteiger charge is -2.05. The summed E-state index contributed by atoms with van der Waals surface area (Å²) in [6.45, 7) is -0.390. The molecule has 2 rings (SSSR count).